The summed E-state index contributed by atoms with van der Waals surface area (Å²) in [5.41, 5.74) is 1.09. The second kappa shape index (κ2) is 3.25. The van der Waals surface area contributed by atoms with Crippen LogP contribution in [0.25, 0.3) is 0 Å². The molecule has 0 unspecified atom stereocenters. The van der Waals surface area contributed by atoms with E-state index in [9.17, 15) is 0 Å². The lowest BCUT2D eigenvalue weighted by Gasteiger charge is -2.25. The average molecular weight is 187 g/mol. The molecule has 0 N–H and O–H groups in total. The quantitative estimate of drug-likeness (QED) is 0.720. The molecule has 2 aromatic rings. The van der Waals surface area contributed by atoms with Crippen molar-refractivity contribution in [1.82, 2.24) is 14.8 Å². The van der Waals surface area contributed by atoms with Gasteiger partial charge in [-0.15, -0.1) is 0 Å². The summed E-state index contributed by atoms with van der Waals surface area (Å²) in [6, 6.07) is 10.3. The van der Waals surface area contributed by atoms with Gasteiger partial charge < -0.3 is 0 Å². The molecule has 0 aliphatic heterocycles. The zero-order valence-corrected chi connectivity index (χ0v) is 8.38. The van der Waals surface area contributed by atoms with Crippen LogP contribution in [0, 0.1) is 0 Å². The Morgan fingerprint density at radius 3 is 2.43 bits per heavy atom. The summed E-state index contributed by atoms with van der Waals surface area (Å²) in [5, 5.41) is 4.17. The number of hydrogen-bond donors (Lipinski definition) is 0. The van der Waals surface area contributed by atoms with Crippen molar-refractivity contribution in [3.05, 3.63) is 48.5 Å². The smallest absolute Gasteiger partial charge is 0.137 e. The van der Waals surface area contributed by atoms with Gasteiger partial charge in [-0.1, -0.05) is 30.3 Å². The van der Waals surface area contributed by atoms with Crippen LogP contribution in [0.4, 0.5) is 0 Å². The molecule has 0 saturated heterocycles. The van der Waals surface area contributed by atoms with E-state index in [0.717, 1.165) is 0 Å². The maximum absolute atomic E-state index is 4.17. The largest absolute Gasteiger partial charge is 0.243 e. The van der Waals surface area contributed by atoms with Gasteiger partial charge in [0.15, 0.2) is 0 Å². The van der Waals surface area contributed by atoms with Crippen LogP contribution < -0.4 is 0 Å². The fourth-order valence-electron chi connectivity index (χ4n) is 1.48. The van der Waals surface area contributed by atoms with E-state index in [4.69, 9.17) is 0 Å². The zero-order chi connectivity index (χ0) is 10.0. The molecule has 3 nitrogen and oxygen atoms in total. The molecule has 1 aromatic heterocycles. The van der Waals surface area contributed by atoms with Crippen molar-refractivity contribution in [3.63, 3.8) is 0 Å². The van der Waals surface area contributed by atoms with Gasteiger partial charge in [0.05, 0.1) is 5.54 Å². The second-order valence-electron chi connectivity index (χ2n) is 3.77. The Morgan fingerprint density at radius 1 is 1.14 bits per heavy atom. The lowest BCUT2D eigenvalue weighted by Crippen LogP contribution is -2.28. The van der Waals surface area contributed by atoms with Gasteiger partial charge in [-0.05, 0) is 19.4 Å². The monoisotopic (exact) mass is 187 g/mol. The molecule has 0 radical (unpaired) electrons. The Bertz CT molecular complexity index is 390. The molecular formula is C11H13N3. The molecule has 0 saturated carbocycles. The number of aromatic nitrogens is 3. The molecule has 3 heteroatoms. The van der Waals surface area contributed by atoms with E-state index in [-0.39, 0.29) is 5.54 Å². The highest BCUT2D eigenvalue weighted by atomic mass is 15.3. The van der Waals surface area contributed by atoms with Gasteiger partial charge in [-0.25, -0.2) is 9.67 Å². The normalized spacial score (nSPS) is 11.6. The lowest BCUT2D eigenvalue weighted by atomic mass is 9.95. The summed E-state index contributed by atoms with van der Waals surface area (Å²) in [6.07, 6.45) is 3.30. The van der Waals surface area contributed by atoms with Crippen molar-refractivity contribution in [3.8, 4) is 0 Å². The first kappa shape index (κ1) is 8.94. The molecule has 2 rings (SSSR count). The first-order chi connectivity index (χ1) is 6.71. The zero-order valence-electron chi connectivity index (χ0n) is 8.38. The molecule has 0 aliphatic rings. The Kier molecular flexibility index (Phi) is 2.08. The minimum Gasteiger partial charge on any atom is -0.243 e. The minimum atomic E-state index is -0.141. The fraction of sp³-hybridized carbons (Fsp3) is 0.273. The van der Waals surface area contributed by atoms with Crippen LogP contribution >= 0.6 is 0 Å². The Balaban J connectivity index is 2.43. The molecule has 72 valence electrons. The van der Waals surface area contributed by atoms with Crippen LogP contribution in [0.1, 0.15) is 19.4 Å². The van der Waals surface area contributed by atoms with Crippen molar-refractivity contribution in [2.75, 3.05) is 0 Å². The van der Waals surface area contributed by atoms with E-state index in [0.29, 0.717) is 0 Å². The van der Waals surface area contributed by atoms with E-state index < -0.39 is 0 Å². The van der Waals surface area contributed by atoms with Crippen LogP contribution in [0.2, 0.25) is 0 Å². The molecular weight excluding hydrogens is 174 g/mol. The Hall–Kier alpha value is -1.64. The van der Waals surface area contributed by atoms with Gasteiger partial charge in [0, 0.05) is 0 Å². The summed E-state index contributed by atoms with van der Waals surface area (Å²) >= 11 is 0. The number of rotatable bonds is 2. The third kappa shape index (κ3) is 1.41. The average Bonchev–Trinajstić information content (AvgIpc) is 2.72. The molecule has 0 fully saturated rings. The maximum Gasteiger partial charge on any atom is 0.137 e. The van der Waals surface area contributed by atoms with Gasteiger partial charge in [0.2, 0.25) is 0 Å². The molecule has 1 heterocycles. The van der Waals surface area contributed by atoms with E-state index >= 15 is 0 Å². The van der Waals surface area contributed by atoms with Gasteiger partial charge in [0.25, 0.3) is 0 Å². The fourth-order valence-corrected chi connectivity index (χ4v) is 1.48. The SMILES string of the molecule is CC(C)(c1ccccc1)n1cncn1. The predicted molar refractivity (Wildman–Crippen MR) is 54.9 cm³/mol. The third-order valence-corrected chi connectivity index (χ3v) is 2.47. The summed E-state index contributed by atoms with van der Waals surface area (Å²) in [4.78, 5) is 3.97. The van der Waals surface area contributed by atoms with Crippen LogP contribution in [0.15, 0.2) is 43.0 Å². The van der Waals surface area contributed by atoms with Gasteiger partial charge >= 0.3 is 0 Å². The molecule has 0 spiro atoms. The molecule has 0 atom stereocenters. The first-order valence-electron chi connectivity index (χ1n) is 4.62. The summed E-state index contributed by atoms with van der Waals surface area (Å²) < 4.78 is 1.86. The Morgan fingerprint density at radius 2 is 1.86 bits per heavy atom. The van der Waals surface area contributed by atoms with Crippen molar-refractivity contribution in [1.29, 1.82) is 0 Å². The van der Waals surface area contributed by atoms with E-state index in [2.05, 4.69) is 36.1 Å². The molecule has 14 heavy (non-hydrogen) atoms. The molecule has 0 bridgehead atoms. The van der Waals surface area contributed by atoms with Crippen molar-refractivity contribution >= 4 is 0 Å². The predicted octanol–water partition coefficient (Wildman–Crippen LogP) is 2.06. The van der Waals surface area contributed by atoms with Crippen LogP contribution in [0.3, 0.4) is 0 Å². The van der Waals surface area contributed by atoms with Gasteiger partial charge in [-0.2, -0.15) is 5.10 Å². The van der Waals surface area contributed by atoms with Crippen molar-refractivity contribution < 1.29 is 0 Å². The maximum atomic E-state index is 4.17. The van der Waals surface area contributed by atoms with Gasteiger partial charge in [0.1, 0.15) is 12.7 Å². The highest BCUT2D eigenvalue weighted by molar-refractivity contribution is 5.23. The summed E-state index contributed by atoms with van der Waals surface area (Å²) in [6.45, 7) is 4.24. The van der Waals surface area contributed by atoms with Crippen LogP contribution in [-0.2, 0) is 5.54 Å². The highest BCUT2D eigenvalue weighted by Gasteiger charge is 2.22. The van der Waals surface area contributed by atoms with E-state index in [1.165, 1.54) is 5.56 Å². The molecule has 0 aliphatic carbocycles. The van der Waals surface area contributed by atoms with E-state index in [1.807, 2.05) is 22.9 Å². The standard InChI is InChI=1S/C11H13N3/c1-11(2,14-9-12-8-13-14)10-6-4-3-5-7-10/h3-9H,1-2H3. The van der Waals surface area contributed by atoms with Gasteiger partial charge in [-0.3, -0.25) is 0 Å². The van der Waals surface area contributed by atoms with Crippen LogP contribution in [-0.4, -0.2) is 14.8 Å². The topological polar surface area (TPSA) is 30.7 Å². The molecule has 1 aromatic carbocycles. The number of hydrogen-bond acceptors (Lipinski definition) is 2. The van der Waals surface area contributed by atoms with Crippen molar-refractivity contribution in [2.24, 2.45) is 0 Å². The second-order valence-corrected chi connectivity index (χ2v) is 3.77. The highest BCUT2D eigenvalue weighted by Crippen LogP contribution is 2.23. The first-order valence-corrected chi connectivity index (χ1v) is 4.62. The summed E-state index contributed by atoms with van der Waals surface area (Å²) in [5.74, 6) is 0. The molecule has 0 amide bonds. The van der Waals surface area contributed by atoms with Crippen molar-refractivity contribution in [2.45, 2.75) is 19.4 Å². The number of benzene rings is 1. The minimum absolute atomic E-state index is 0.141. The number of nitrogens with zero attached hydrogens (tertiary/aromatic N) is 3. The summed E-state index contributed by atoms with van der Waals surface area (Å²) in [7, 11) is 0. The Labute approximate surface area is 83.4 Å². The lowest BCUT2D eigenvalue weighted by molar-refractivity contribution is 0.389. The van der Waals surface area contributed by atoms with Crippen LogP contribution in [0.5, 0.6) is 0 Å². The third-order valence-electron chi connectivity index (χ3n) is 2.47. The van der Waals surface area contributed by atoms with E-state index in [1.54, 1.807) is 12.7 Å².